The summed E-state index contributed by atoms with van der Waals surface area (Å²) in [5.41, 5.74) is 0.390. The smallest absolute Gasteiger partial charge is 0.335 e. The van der Waals surface area contributed by atoms with Crippen molar-refractivity contribution < 1.29 is 23.8 Å². The molecule has 0 bridgehead atoms. The van der Waals surface area contributed by atoms with E-state index in [1.807, 2.05) is 18.2 Å². The molecule has 4 nitrogen and oxygen atoms in total. The van der Waals surface area contributed by atoms with E-state index >= 15 is 0 Å². The maximum Gasteiger partial charge on any atom is 0.335 e. The van der Waals surface area contributed by atoms with Crippen LogP contribution in [0.15, 0.2) is 42.5 Å². The van der Waals surface area contributed by atoms with Crippen molar-refractivity contribution in [3.8, 4) is 5.75 Å². The van der Waals surface area contributed by atoms with Crippen LogP contribution in [0.4, 0.5) is 4.39 Å². The number of aldehydes is 1. The molecule has 2 aromatic carbocycles. The topological polar surface area (TPSA) is 63.6 Å². The molecule has 2 rings (SSSR count). The molecule has 0 fully saturated rings. The highest BCUT2D eigenvalue weighted by atomic mass is 19.1. The Hall–Kier alpha value is -2.69. The average molecular weight is 274 g/mol. The van der Waals surface area contributed by atoms with E-state index in [9.17, 15) is 14.0 Å². The van der Waals surface area contributed by atoms with E-state index in [1.165, 1.54) is 0 Å². The number of aromatic carboxylic acids is 1. The zero-order valence-electron chi connectivity index (χ0n) is 10.4. The molecule has 5 heteroatoms. The Kier molecular flexibility index (Phi) is 4.10. The maximum atomic E-state index is 13.8. The van der Waals surface area contributed by atoms with Gasteiger partial charge in [-0.05, 0) is 17.7 Å². The van der Waals surface area contributed by atoms with Crippen molar-refractivity contribution in [3.05, 3.63) is 65.0 Å². The van der Waals surface area contributed by atoms with Gasteiger partial charge >= 0.3 is 5.97 Å². The van der Waals surface area contributed by atoms with E-state index in [0.717, 1.165) is 17.7 Å². The average Bonchev–Trinajstić information content (AvgIpc) is 2.46. The lowest BCUT2D eigenvalue weighted by Gasteiger charge is -2.10. The van der Waals surface area contributed by atoms with Gasteiger partial charge in [0.15, 0.2) is 17.9 Å². The number of rotatable bonds is 5. The molecule has 0 atom stereocenters. The van der Waals surface area contributed by atoms with Crippen molar-refractivity contribution in [2.24, 2.45) is 0 Å². The van der Waals surface area contributed by atoms with Crippen LogP contribution in [0.25, 0.3) is 0 Å². The molecule has 0 aliphatic carbocycles. The van der Waals surface area contributed by atoms with Crippen LogP contribution in [0.3, 0.4) is 0 Å². The molecule has 0 amide bonds. The minimum atomic E-state index is -1.30. The van der Waals surface area contributed by atoms with E-state index < -0.39 is 11.8 Å². The minimum Gasteiger partial charge on any atom is -0.485 e. The Morgan fingerprint density at radius 3 is 2.55 bits per heavy atom. The highest BCUT2D eigenvalue weighted by Crippen LogP contribution is 2.24. The summed E-state index contributed by atoms with van der Waals surface area (Å²) < 4.78 is 19.1. The summed E-state index contributed by atoms with van der Waals surface area (Å²) in [4.78, 5) is 21.7. The number of carbonyl (C=O) groups excluding carboxylic acids is 1. The first-order valence-electron chi connectivity index (χ1n) is 5.80. The molecule has 0 heterocycles. The summed E-state index contributed by atoms with van der Waals surface area (Å²) in [5.74, 6) is -2.42. The zero-order chi connectivity index (χ0) is 14.5. The minimum absolute atomic E-state index is 0.0883. The molecule has 102 valence electrons. The van der Waals surface area contributed by atoms with E-state index in [-0.39, 0.29) is 23.5 Å². The Balaban J connectivity index is 2.27. The summed E-state index contributed by atoms with van der Waals surface area (Å²) >= 11 is 0. The number of carboxylic acids is 1. The van der Waals surface area contributed by atoms with Gasteiger partial charge < -0.3 is 9.84 Å². The summed E-state index contributed by atoms with van der Waals surface area (Å²) in [6, 6.07) is 11.0. The van der Waals surface area contributed by atoms with Crippen LogP contribution in [-0.2, 0) is 6.61 Å². The van der Waals surface area contributed by atoms with Crippen molar-refractivity contribution in [1.82, 2.24) is 0 Å². The molecule has 1 N–H and O–H groups in total. The van der Waals surface area contributed by atoms with Crippen LogP contribution in [0.1, 0.15) is 26.3 Å². The fraction of sp³-hybridized carbons (Fsp3) is 0.0667. The number of ether oxygens (including phenoxy) is 1. The van der Waals surface area contributed by atoms with Crippen LogP contribution < -0.4 is 4.74 Å². The molecule has 0 aromatic heterocycles. The lowest BCUT2D eigenvalue weighted by Crippen LogP contribution is -2.04. The quantitative estimate of drug-likeness (QED) is 0.851. The molecule has 0 aliphatic heterocycles. The van der Waals surface area contributed by atoms with Crippen LogP contribution in [0.2, 0.25) is 0 Å². The summed E-state index contributed by atoms with van der Waals surface area (Å²) in [5, 5.41) is 8.80. The zero-order valence-corrected chi connectivity index (χ0v) is 10.4. The van der Waals surface area contributed by atoms with Crippen LogP contribution in [-0.4, -0.2) is 17.4 Å². The van der Waals surface area contributed by atoms with Gasteiger partial charge in [-0.3, -0.25) is 4.79 Å². The third kappa shape index (κ3) is 3.00. The predicted molar refractivity (Wildman–Crippen MR) is 69.5 cm³/mol. The van der Waals surface area contributed by atoms with Crippen molar-refractivity contribution in [3.63, 3.8) is 0 Å². The third-order valence-corrected chi connectivity index (χ3v) is 2.67. The first kappa shape index (κ1) is 13.7. The van der Waals surface area contributed by atoms with Gasteiger partial charge in [0.25, 0.3) is 0 Å². The highest BCUT2D eigenvalue weighted by Gasteiger charge is 2.15. The molecular weight excluding hydrogens is 263 g/mol. The predicted octanol–water partition coefficient (Wildman–Crippen LogP) is 2.92. The number of hydrogen-bond acceptors (Lipinski definition) is 3. The van der Waals surface area contributed by atoms with E-state index in [1.54, 1.807) is 12.1 Å². The lowest BCUT2D eigenvalue weighted by atomic mass is 10.1. The fourth-order valence-electron chi connectivity index (χ4n) is 1.71. The van der Waals surface area contributed by atoms with Crippen LogP contribution in [0, 0.1) is 5.82 Å². The second-order valence-electron chi connectivity index (χ2n) is 4.07. The maximum absolute atomic E-state index is 13.8. The molecule has 0 saturated heterocycles. The monoisotopic (exact) mass is 274 g/mol. The highest BCUT2D eigenvalue weighted by molar-refractivity contribution is 5.91. The van der Waals surface area contributed by atoms with Crippen LogP contribution >= 0.6 is 0 Å². The van der Waals surface area contributed by atoms with Gasteiger partial charge in [0.2, 0.25) is 0 Å². The molecule has 0 aliphatic rings. The van der Waals surface area contributed by atoms with E-state index in [0.29, 0.717) is 6.29 Å². The summed E-state index contributed by atoms with van der Waals surface area (Å²) in [6.07, 6.45) is 0.371. The number of halogens is 1. The van der Waals surface area contributed by atoms with Gasteiger partial charge in [-0.25, -0.2) is 9.18 Å². The number of carboxylic acid groups (broad SMARTS) is 1. The molecular formula is C15H11FO4. The largest absolute Gasteiger partial charge is 0.485 e. The third-order valence-electron chi connectivity index (χ3n) is 2.67. The Labute approximate surface area is 114 Å². The van der Waals surface area contributed by atoms with Gasteiger partial charge in [-0.15, -0.1) is 0 Å². The van der Waals surface area contributed by atoms with Gasteiger partial charge in [0.1, 0.15) is 6.61 Å². The fourth-order valence-corrected chi connectivity index (χ4v) is 1.71. The van der Waals surface area contributed by atoms with Crippen molar-refractivity contribution in [1.29, 1.82) is 0 Å². The van der Waals surface area contributed by atoms with Crippen LogP contribution in [0.5, 0.6) is 5.75 Å². The lowest BCUT2D eigenvalue weighted by molar-refractivity contribution is 0.0696. The second-order valence-corrected chi connectivity index (χ2v) is 4.07. The molecule has 0 saturated carbocycles. The van der Waals surface area contributed by atoms with E-state index in [2.05, 4.69) is 0 Å². The summed E-state index contributed by atoms with van der Waals surface area (Å²) in [7, 11) is 0. The number of carbonyl (C=O) groups is 2. The Morgan fingerprint density at radius 2 is 1.95 bits per heavy atom. The summed E-state index contributed by atoms with van der Waals surface area (Å²) in [6.45, 7) is 0.0883. The van der Waals surface area contributed by atoms with Crippen molar-refractivity contribution in [2.45, 2.75) is 6.61 Å². The Morgan fingerprint density at radius 1 is 1.25 bits per heavy atom. The standard InChI is InChI=1S/C15H11FO4/c16-13-7-11(15(18)19)6-12(8-17)14(13)20-9-10-4-2-1-3-5-10/h1-8H,9H2,(H,18,19). The molecule has 2 aromatic rings. The van der Waals surface area contributed by atoms with Gasteiger partial charge in [-0.2, -0.15) is 0 Å². The normalized spacial score (nSPS) is 10.1. The van der Waals surface area contributed by atoms with Gasteiger partial charge in [-0.1, -0.05) is 30.3 Å². The van der Waals surface area contributed by atoms with Gasteiger partial charge in [0.05, 0.1) is 11.1 Å². The number of benzene rings is 2. The van der Waals surface area contributed by atoms with Crippen molar-refractivity contribution >= 4 is 12.3 Å². The SMILES string of the molecule is O=Cc1cc(C(=O)O)cc(F)c1OCc1ccccc1. The first-order valence-corrected chi connectivity index (χ1v) is 5.80. The molecule has 20 heavy (non-hydrogen) atoms. The molecule has 0 unspecified atom stereocenters. The number of hydrogen-bond donors (Lipinski definition) is 1. The Bertz CT molecular complexity index is 638. The first-order chi connectivity index (χ1) is 9.61. The molecule has 0 radical (unpaired) electrons. The van der Waals surface area contributed by atoms with Gasteiger partial charge in [0, 0.05) is 0 Å². The van der Waals surface area contributed by atoms with E-state index in [4.69, 9.17) is 9.84 Å². The van der Waals surface area contributed by atoms with Crippen molar-refractivity contribution in [2.75, 3.05) is 0 Å². The molecule has 0 spiro atoms. The second kappa shape index (κ2) is 5.97.